The van der Waals surface area contributed by atoms with Crippen LogP contribution in [-0.2, 0) is 13.1 Å². The highest BCUT2D eigenvalue weighted by atomic mass is 15.3. The molecule has 0 unspecified atom stereocenters. The maximum absolute atomic E-state index is 4.63. The molecule has 0 aliphatic rings. The number of guanidine groups is 1. The Hall–Kier alpha value is -2.36. The van der Waals surface area contributed by atoms with E-state index in [0.29, 0.717) is 6.54 Å². The van der Waals surface area contributed by atoms with E-state index in [9.17, 15) is 0 Å². The largest absolute Gasteiger partial charge is 0.352 e. The van der Waals surface area contributed by atoms with Gasteiger partial charge in [0.2, 0.25) is 0 Å². The monoisotopic (exact) mass is 282 g/mol. The first-order valence-electron chi connectivity index (χ1n) is 7.06. The minimum absolute atomic E-state index is 0.628. The number of hydrogen-bond acceptors (Lipinski definition) is 2. The zero-order valence-electron chi connectivity index (χ0n) is 12.9. The molecule has 2 rings (SSSR count). The summed E-state index contributed by atoms with van der Waals surface area (Å²) in [5.41, 5.74) is 3.38. The molecule has 0 atom stereocenters. The summed E-state index contributed by atoms with van der Waals surface area (Å²) in [5, 5.41) is 3.37. The molecule has 0 fully saturated rings. The lowest BCUT2D eigenvalue weighted by atomic mass is 10.2. The molecule has 0 aliphatic heterocycles. The summed E-state index contributed by atoms with van der Waals surface area (Å²) in [7, 11) is 3.98. The first-order valence-corrected chi connectivity index (χ1v) is 7.06. The van der Waals surface area contributed by atoms with Crippen LogP contribution in [0.5, 0.6) is 0 Å². The van der Waals surface area contributed by atoms with Crippen molar-refractivity contribution >= 4 is 5.96 Å². The van der Waals surface area contributed by atoms with Crippen molar-refractivity contribution < 1.29 is 0 Å². The lowest BCUT2D eigenvalue weighted by molar-refractivity contribution is 0.578. The van der Waals surface area contributed by atoms with E-state index in [1.54, 1.807) is 0 Å². The maximum Gasteiger partial charge on any atom is 0.194 e. The maximum atomic E-state index is 4.63. The fourth-order valence-electron chi connectivity index (χ4n) is 1.89. The van der Waals surface area contributed by atoms with Crippen molar-refractivity contribution in [2.45, 2.75) is 20.0 Å². The number of hydrogen-bond donors (Lipinski definition) is 1. The summed E-state index contributed by atoms with van der Waals surface area (Å²) in [6, 6.07) is 14.4. The predicted octanol–water partition coefficient (Wildman–Crippen LogP) is 2.60. The lowest BCUT2D eigenvalue weighted by Gasteiger charge is -2.17. The Bertz CT molecular complexity index is 573. The molecule has 0 radical (unpaired) electrons. The van der Waals surface area contributed by atoms with Crippen LogP contribution in [0.4, 0.5) is 0 Å². The summed E-state index contributed by atoms with van der Waals surface area (Å²) in [6.45, 7) is 3.38. The molecule has 0 bridgehead atoms. The molecule has 1 aromatic carbocycles. The van der Waals surface area contributed by atoms with Gasteiger partial charge >= 0.3 is 0 Å². The Kier molecular flexibility index (Phi) is 5.32. The number of aliphatic imine (C=N–C) groups is 1. The van der Waals surface area contributed by atoms with E-state index in [0.717, 1.165) is 23.8 Å². The molecule has 0 amide bonds. The molecular weight excluding hydrogens is 260 g/mol. The summed E-state index contributed by atoms with van der Waals surface area (Å²) >= 11 is 0. The van der Waals surface area contributed by atoms with Gasteiger partial charge in [0.05, 0.1) is 6.54 Å². The molecular formula is C17H22N4. The SMILES string of the molecule is Cc1ccc(CN=C(NCc2ccccc2)N(C)C)cn1. The smallest absolute Gasteiger partial charge is 0.194 e. The van der Waals surface area contributed by atoms with Crippen LogP contribution in [0.1, 0.15) is 16.8 Å². The average molecular weight is 282 g/mol. The second-order valence-corrected chi connectivity index (χ2v) is 5.18. The van der Waals surface area contributed by atoms with Crippen LogP contribution >= 0.6 is 0 Å². The molecule has 0 saturated heterocycles. The molecule has 1 aromatic heterocycles. The van der Waals surface area contributed by atoms with E-state index in [2.05, 4.69) is 33.5 Å². The van der Waals surface area contributed by atoms with Gasteiger partial charge in [-0.25, -0.2) is 4.99 Å². The topological polar surface area (TPSA) is 40.5 Å². The van der Waals surface area contributed by atoms with Crippen molar-refractivity contribution in [1.29, 1.82) is 0 Å². The molecule has 21 heavy (non-hydrogen) atoms. The molecule has 2 aromatic rings. The summed E-state index contributed by atoms with van der Waals surface area (Å²) in [4.78, 5) is 10.9. The van der Waals surface area contributed by atoms with Crippen LogP contribution in [0.2, 0.25) is 0 Å². The molecule has 1 N–H and O–H groups in total. The molecule has 0 spiro atoms. The van der Waals surface area contributed by atoms with Crippen molar-refractivity contribution in [3.05, 3.63) is 65.5 Å². The summed E-state index contributed by atoms with van der Waals surface area (Å²) < 4.78 is 0. The summed E-state index contributed by atoms with van der Waals surface area (Å²) in [5.74, 6) is 0.874. The van der Waals surface area contributed by atoms with Gasteiger partial charge < -0.3 is 10.2 Å². The van der Waals surface area contributed by atoms with E-state index in [1.165, 1.54) is 5.56 Å². The normalized spacial score (nSPS) is 11.3. The lowest BCUT2D eigenvalue weighted by Crippen LogP contribution is -2.36. The molecule has 110 valence electrons. The van der Waals surface area contributed by atoms with Gasteiger partial charge in [0.1, 0.15) is 0 Å². The number of nitrogens with one attached hydrogen (secondary N) is 1. The molecule has 4 nitrogen and oxygen atoms in total. The van der Waals surface area contributed by atoms with Crippen molar-refractivity contribution in [1.82, 2.24) is 15.2 Å². The number of rotatable bonds is 4. The number of aryl methyl sites for hydroxylation is 1. The fraction of sp³-hybridized carbons (Fsp3) is 0.294. The summed E-state index contributed by atoms with van der Waals surface area (Å²) in [6.07, 6.45) is 1.88. The van der Waals surface area contributed by atoms with Gasteiger partial charge in [-0.15, -0.1) is 0 Å². The van der Waals surface area contributed by atoms with Crippen LogP contribution in [0.3, 0.4) is 0 Å². The van der Waals surface area contributed by atoms with Crippen molar-refractivity contribution in [3.63, 3.8) is 0 Å². The van der Waals surface area contributed by atoms with E-state index in [1.807, 2.05) is 56.4 Å². The molecule has 4 heteroatoms. The number of pyridine rings is 1. The van der Waals surface area contributed by atoms with Gasteiger partial charge in [-0.1, -0.05) is 36.4 Å². The third-order valence-corrected chi connectivity index (χ3v) is 3.10. The third kappa shape index (κ3) is 4.91. The van der Waals surface area contributed by atoms with Gasteiger partial charge in [0.25, 0.3) is 0 Å². The standard InChI is InChI=1S/C17H22N4/c1-14-9-10-16(12-18-14)13-20-17(21(2)3)19-11-15-7-5-4-6-8-15/h4-10,12H,11,13H2,1-3H3,(H,19,20). The minimum atomic E-state index is 0.628. The van der Waals surface area contributed by atoms with Crippen LogP contribution in [0, 0.1) is 6.92 Å². The zero-order valence-corrected chi connectivity index (χ0v) is 12.9. The Balaban J connectivity index is 1.98. The number of nitrogens with zero attached hydrogens (tertiary/aromatic N) is 3. The third-order valence-electron chi connectivity index (χ3n) is 3.10. The van der Waals surface area contributed by atoms with Gasteiger partial charge in [-0.2, -0.15) is 0 Å². The highest BCUT2D eigenvalue weighted by molar-refractivity contribution is 5.79. The quantitative estimate of drug-likeness (QED) is 0.692. The van der Waals surface area contributed by atoms with Gasteiger partial charge in [-0.05, 0) is 24.1 Å². The van der Waals surface area contributed by atoms with Gasteiger partial charge in [0, 0.05) is 32.5 Å². The second kappa shape index (κ2) is 7.43. The van der Waals surface area contributed by atoms with E-state index >= 15 is 0 Å². The molecule has 0 aliphatic carbocycles. The highest BCUT2D eigenvalue weighted by Crippen LogP contribution is 2.02. The molecule has 1 heterocycles. The highest BCUT2D eigenvalue weighted by Gasteiger charge is 2.02. The van der Waals surface area contributed by atoms with E-state index in [4.69, 9.17) is 0 Å². The second-order valence-electron chi connectivity index (χ2n) is 5.18. The Morgan fingerprint density at radius 2 is 1.86 bits per heavy atom. The zero-order chi connectivity index (χ0) is 15.1. The predicted molar refractivity (Wildman–Crippen MR) is 87.1 cm³/mol. The number of benzene rings is 1. The van der Waals surface area contributed by atoms with Crippen molar-refractivity contribution in [2.75, 3.05) is 14.1 Å². The van der Waals surface area contributed by atoms with Crippen LogP contribution < -0.4 is 5.32 Å². The van der Waals surface area contributed by atoms with Crippen molar-refractivity contribution in [2.24, 2.45) is 4.99 Å². The van der Waals surface area contributed by atoms with Crippen LogP contribution in [0.25, 0.3) is 0 Å². The average Bonchev–Trinajstić information content (AvgIpc) is 2.49. The van der Waals surface area contributed by atoms with Crippen LogP contribution in [-0.4, -0.2) is 29.9 Å². The Labute approximate surface area is 126 Å². The first-order chi connectivity index (χ1) is 10.1. The van der Waals surface area contributed by atoms with Crippen LogP contribution in [0.15, 0.2) is 53.7 Å². The van der Waals surface area contributed by atoms with Gasteiger partial charge in [0.15, 0.2) is 5.96 Å². The van der Waals surface area contributed by atoms with Gasteiger partial charge in [-0.3, -0.25) is 4.98 Å². The first kappa shape index (κ1) is 15.0. The van der Waals surface area contributed by atoms with Crippen molar-refractivity contribution in [3.8, 4) is 0 Å². The number of aromatic nitrogens is 1. The minimum Gasteiger partial charge on any atom is -0.352 e. The molecule has 0 saturated carbocycles. The van der Waals surface area contributed by atoms with E-state index in [-0.39, 0.29) is 0 Å². The fourth-order valence-corrected chi connectivity index (χ4v) is 1.89. The Morgan fingerprint density at radius 3 is 2.48 bits per heavy atom. The van der Waals surface area contributed by atoms with E-state index < -0.39 is 0 Å². The Morgan fingerprint density at radius 1 is 1.10 bits per heavy atom.